The zero-order valence-electron chi connectivity index (χ0n) is 14.4. The van der Waals surface area contributed by atoms with Crippen LogP contribution in [0, 0.1) is 11.6 Å². The molecule has 0 heterocycles. The highest BCUT2D eigenvalue weighted by Gasteiger charge is 2.19. The first kappa shape index (κ1) is 17.8. The van der Waals surface area contributed by atoms with Crippen LogP contribution in [0.2, 0.25) is 0 Å². The Morgan fingerprint density at radius 3 is 2.38 bits per heavy atom. The average molecular weight is 351 g/mol. The molecular formula is C22H19F2NO. The van der Waals surface area contributed by atoms with Crippen molar-refractivity contribution >= 4 is 5.91 Å². The van der Waals surface area contributed by atoms with E-state index in [1.807, 2.05) is 36.4 Å². The van der Waals surface area contributed by atoms with Gasteiger partial charge >= 0.3 is 0 Å². The van der Waals surface area contributed by atoms with Gasteiger partial charge in [0.1, 0.15) is 11.6 Å². The summed E-state index contributed by atoms with van der Waals surface area (Å²) in [6.07, 6.45) is 0. The summed E-state index contributed by atoms with van der Waals surface area (Å²) in [5, 5.41) is 2.73. The predicted molar refractivity (Wildman–Crippen MR) is 98.5 cm³/mol. The Kier molecular flexibility index (Phi) is 5.42. The summed E-state index contributed by atoms with van der Waals surface area (Å²) in [5.41, 5.74) is 2.67. The molecule has 0 saturated heterocycles. The van der Waals surface area contributed by atoms with Crippen LogP contribution in [0.5, 0.6) is 0 Å². The number of carbonyl (C=O) groups is 1. The van der Waals surface area contributed by atoms with Gasteiger partial charge in [0.15, 0.2) is 0 Å². The summed E-state index contributed by atoms with van der Waals surface area (Å²) < 4.78 is 27.7. The second-order valence-corrected chi connectivity index (χ2v) is 6.17. The Balaban J connectivity index is 1.70. The number of halogens is 2. The van der Waals surface area contributed by atoms with E-state index in [0.717, 1.165) is 11.1 Å². The van der Waals surface area contributed by atoms with Gasteiger partial charge in [-0.25, -0.2) is 8.78 Å². The number of carbonyl (C=O) groups excluding carboxylic acids is 1. The summed E-state index contributed by atoms with van der Waals surface area (Å²) in [5.74, 6) is -1.72. The van der Waals surface area contributed by atoms with Gasteiger partial charge in [-0.1, -0.05) is 54.6 Å². The van der Waals surface area contributed by atoms with E-state index in [1.54, 1.807) is 25.1 Å². The highest BCUT2D eigenvalue weighted by Crippen LogP contribution is 2.26. The molecule has 1 atom stereocenters. The first-order chi connectivity index (χ1) is 12.5. The summed E-state index contributed by atoms with van der Waals surface area (Å²) in [4.78, 5) is 12.3. The molecule has 1 N–H and O–H groups in total. The lowest BCUT2D eigenvalue weighted by Gasteiger charge is -2.14. The smallest absolute Gasteiger partial charge is 0.227 e. The van der Waals surface area contributed by atoms with Crippen molar-refractivity contribution in [3.8, 4) is 11.1 Å². The van der Waals surface area contributed by atoms with Crippen LogP contribution in [0.15, 0.2) is 72.8 Å². The molecule has 0 unspecified atom stereocenters. The number of hydrogen-bond acceptors (Lipinski definition) is 1. The molecule has 132 valence electrons. The molecule has 3 aromatic carbocycles. The van der Waals surface area contributed by atoms with Crippen LogP contribution in [0.3, 0.4) is 0 Å². The minimum absolute atomic E-state index is 0.199. The maximum atomic E-state index is 14.5. The third-order valence-electron chi connectivity index (χ3n) is 4.32. The second-order valence-electron chi connectivity index (χ2n) is 6.17. The van der Waals surface area contributed by atoms with E-state index in [9.17, 15) is 13.6 Å². The molecule has 4 heteroatoms. The fourth-order valence-corrected chi connectivity index (χ4v) is 2.82. The number of amides is 1. The van der Waals surface area contributed by atoms with E-state index < -0.39 is 11.7 Å². The molecule has 3 rings (SSSR count). The van der Waals surface area contributed by atoms with E-state index in [0.29, 0.717) is 11.1 Å². The summed E-state index contributed by atoms with van der Waals surface area (Å²) in [6, 6.07) is 20.4. The first-order valence-corrected chi connectivity index (χ1v) is 8.41. The average Bonchev–Trinajstić information content (AvgIpc) is 2.66. The fraction of sp³-hybridized carbons (Fsp3) is 0.136. The van der Waals surface area contributed by atoms with Crippen molar-refractivity contribution in [2.24, 2.45) is 0 Å². The maximum absolute atomic E-state index is 14.5. The monoisotopic (exact) mass is 351 g/mol. The Hall–Kier alpha value is -3.01. The van der Waals surface area contributed by atoms with Crippen LogP contribution in [0.4, 0.5) is 8.78 Å². The van der Waals surface area contributed by atoms with Crippen molar-refractivity contribution in [2.45, 2.75) is 19.4 Å². The van der Waals surface area contributed by atoms with Crippen LogP contribution in [0.1, 0.15) is 24.0 Å². The normalized spacial score (nSPS) is 11.8. The molecule has 2 nitrogen and oxygen atoms in total. The van der Waals surface area contributed by atoms with Gasteiger partial charge in [0.25, 0.3) is 0 Å². The quantitative estimate of drug-likeness (QED) is 0.685. The van der Waals surface area contributed by atoms with Crippen molar-refractivity contribution in [2.75, 3.05) is 0 Å². The molecule has 0 fully saturated rings. The van der Waals surface area contributed by atoms with E-state index in [2.05, 4.69) is 5.32 Å². The van der Waals surface area contributed by atoms with Gasteiger partial charge in [-0.15, -0.1) is 0 Å². The van der Waals surface area contributed by atoms with Crippen molar-refractivity contribution in [1.82, 2.24) is 5.32 Å². The van der Waals surface area contributed by atoms with Gasteiger partial charge in [-0.05, 0) is 47.4 Å². The molecular weight excluding hydrogens is 332 g/mol. The third-order valence-corrected chi connectivity index (χ3v) is 4.32. The molecule has 0 radical (unpaired) electrons. The van der Waals surface area contributed by atoms with Crippen molar-refractivity contribution < 1.29 is 13.6 Å². The molecule has 3 aromatic rings. The number of nitrogens with one attached hydrogen (secondary N) is 1. The lowest BCUT2D eigenvalue weighted by molar-refractivity contribution is -0.122. The highest BCUT2D eigenvalue weighted by atomic mass is 19.1. The number of rotatable bonds is 5. The van der Waals surface area contributed by atoms with E-state index in [1.165, 1.54) is 18.2 Å². The van der Waals surface area contributed by atoms with Crippen molar-refractivity contribution in [3.05, 3.63) is 95.6 Å². The van der Waals surface area contributed by atoms with Crippen LogP contribution >= 0.6 is 0 Å². The van der Waals surface area contributed by atoms with E-state index >= 15 is 0 Å². The Bertz CT molecular complexity index is 909. The van der Waals surface area contributed by atoms with Gasteiger partial charge in [0.2, 0.25) is 5.91 Å². The standard InChI is InChI=1S/C22H19F2NO/c1-15(22(26)25-14-16-6-5-9-19(23)12-16)20-11-10-18(13-21(20)24)17-7-3-2-4-8-17/h2-13,15H,14H2,1H3,(H,25,26)/t15-/m1/s1. The molecule has 26 heavy (non-hydrogen) atoms. The van der Waals surface area contributed by atoms with E-state index in [4.69, 9.17) is 0 Å². The zero-order valence-corrected chi connectivity index (χ0v) is 14.4. The van der Waals surface area contributed by atoms with Gasteiger partial charge in [0, 0.05) is 6.54 Å². The van der Waals surface area contributed by atoms with E-state index in [-0.39, 0.29) is 18.3 Å². The second kappa shape index (κ2) is 7.91. The molecule has 0 aromatic heterocycles. The molecule has 0 aliphatic heterocycles. The molecule has 0 spiro atoms. The van der Waals surface area contributed by atoms with Gasteiger partial charge in [-0.3, -0.25) is 4.79 Å². The lowest BCUT2D eigenvalue weighted by Crippen LogP contribution is -2.28. The van der Waals surface area contributed by atoms with Crippen LogP contribution in [0.25, 0.3) is 11.1 Å². The predicted octanol–water partition coefficient (Wildman–Crippen LogP) is 5.05. The summed E-state index contributed by atoms with van der Waals surface area (Å²) in [6.45, 7) is 1.85. The molecule has 0 saturated carbocycles. The largest absolute Gasteiger partial charge is 0.352 e. The van der Waals surface area contributed by atoms with Crippen LogP contribution in [-0.4, -0.2) is 5.91 Å². The number of hydrogen-bond donors (Lipinski definition) is 1. The highest BCUT2D eigenvalue weighted by molar-refractivity contribution is 5.83. The minimum Gasteiger partial charge on any atom is -0.352 e. The minimum atomic E-state index is -0.645. The zero-order chi connectivity index (χ0) is 18.5. The van der Waals surface area contributed by atoms with Crippen molar-refractivity contribution in [1.29, 1.82) is 0 Å². The SMILES string of the molecule is C[C@@H](C(=O)NCc1cccc(F)c1)c1ccc(-c2ccccc2)cc1F. The lowest BCUT2D eigenvalue weighted by atomic mass is 9.96. The van der Waals surface area contributed by atoms with Crippen molar-refractivity contribution in [3.63, 3.8) is 0 Å². The summed E-state index contributed by atoms with van der Waals surface area (Å²) in [7, 11) is 0. The Morgan fingerprint density at radius 1 is 0.923 bits per heavy atom. The Morgan fingerprint density at radius 2 is 1.69 bits per heavy atom. The van der Waals surface area contributed by atoms with Crippen LogP contribution in [-0.2, 0) is 11.3 Å². The molecule has 0 aliphatic carbocycles. The fourth-order valence-electron chi connectivity index (χ4n) is 2.82. The Labute approximate surface area is 151 Å². The summed E-state index contributed by atoms with van der Waals surface area (Å²) >= 11 is 0. The first-order valence-electron chi connectivity index (χ1n) is 8.41. The van der Waals surface area contributed by atoms with Gasteiger partial charge in [0.05, 0.1) is 5.92 Å². The maximum Gasteiger partial charge on any atom is 0.227 e. The number of benzene rings is 3. The van der Waals surface area contributed by atoms with Crippen LogP contribution < -0.4 is 5.32 Å². The van der Waals surface area contributed by atoms with Gasteiger partial charge in [-0.2, -0.15) is 0 Å². The third kappa shape index (κ3) is 4.14. The van der Waals surface area contributed by atoms with Gasteiger partial charge < -0.3 is 5.32 Å². The topological polar surface area (TPSA) is 29.1 Å². The molecule has 0 bridgehead atoms. The molecule has 0 aliphatic rings. The molecule has 1 amide bonds.